The lowest BCUT2D eigenvalue weighted by Gasteiger charge is -2.13. The van der Waals surface area contributed by atoms with Gasteiger partial charge in [-0.15, -0.1) is 0 Å². The van der Waals surface area contributed by atoms with E-state index < -0.39 is 0 Å². The van der Waals surface area contributed by atoms with Gasteiger partial charge >= 0.3 is 0 Å². The molecule has 3 N–H and O–H groups in total. The molecule has 1 saturated heterocycles. The van der Waals surface area contributed by atoms with Crippen molar-refractivity contribution in [1.82, 2.24) is 5.32 Å². The van der Waals surface area contributed by atoms with Crippen LogP contribution in [0.15, 0.2) is 18.2 Å². The van der Waals surface area contributed by atoms with E-state index in [2.05, 4.69) is 5.32 Å². The fraction of sp³-hybridized carbons (Fsp3) is 0.533. The van der Waals surface area contributed by atoms with Crippen LogP contribution in [-0.4, -0.2) is 31.8 Å². The normalized spacial score (nSPS) is 17.9. The Morgan fingerprint density at radius 1 is 1.55 bits per heavy atom. The third kappa shape index (κ3) is 3.63. The highest BCUT2D eigenvalue weighted by Gasteiger charge is 2.17. The van der Waals surface area contributed by atoms with E-state index in [9.17, 15) is 4.79 Å². The maximum Gasteiger partial charge on any atom is 0.255 e. The lowest BCUT2D eigenvalue weighted by Crippen LogP contribution is -2.27. The zero-order valence-electron chi connectivity index (χ0n) is 11.9. The molecule has 20 heavy (non-hydrogen) atoms. The molecule has 0 aromatic heterocycles. The summed E-state index contributed by atoms with van der Waals surface area (Å²) >= 11 is 0. The molecule has 1 aromatic carbocycles. The van der Waals surface area contributed by atoms with Crippen LogP contribution in [0.2, 0.25) is 0 Å². The number of carbonyl (C=O) groups excluding carboxylic acids is 1. The average molecular weight is 278 g/mol. The maximum absolute atomic E-state index is 12.2. The standard InChI is InChI=1S/C15H22N2O3/c1-2-19-14-12(6-3-7-13(14)16)15(18)17-9-8-11-5-4-10-20-11/h3,6-7,11H,2,4-5,8-10,16H2,1H3,(H,17,18). The first kappa shape index (κ1) is 14.7. The summed E-state index contributed by atoms with van der Waals surface area (Å²) in [5.74, 6) is 0.309. The second-order valence-corrected chi connectivity index (χ2v) is 4.84. The second-order valence-electron chi connectivity index (χ2n) is 4.84. The molecule has 2 rings (SSSR count). The molecule has 0 spiro atoms. The van der Waals surface area contributed by atoms with E-state index in [0.29, 0.717) is 30.2 Å². The predicted molar refractivity (Wildman–Crippen MR) is 77.9 cm³/mol. The molecule has 1 unspecified atom stereocenters. The summed E-state index contributed by atoms with van der Waals surface area (Å²) in [6.07, 6.45) is 3.32. The molecule has 1 amide bonds. The van der Waals surface area contributed by atoms with Gasteiger partial charge in [-0.3, -0.25) is 4.79 Å². The van der Waals surface area contributed by atoms with Crippen molar-refractivity contribution in [2.45, 2.75) is 32.3 Å². The quantitative estimate of drug-likeness (QED) is 0.780. The van der Waals surface area contributed by atoms with Crippen molar-refractivity contribution in [1.29, 1.82) is 0 Å². The van der Waals surface area contributed by atoms with Crippen molar-refractivity contribution in [2.24, 2.45) is 0 Å². The molecule has 5 nitrogen and oxygen atoms in total. The molecule has 5 heteroatoms. The van der Waals surface area contributed by atoms with Crippen molar-refractivity contribution in [3.05, 3.63) is 23.8 Å². The second kappa shape index (κ2) is 7.14. The Labute approximate surface area is 119 Å². The molecule has 110 valence electrons. The summed E-state index contributed by atoms with van der Waals surface area (Å²) in [5.41, 5.74) is 6.82. The van der Waals surface area contributed by atoms with Crippen LogP contribution < -0.4 is 15.8 Å². The van der Waals surface area contributed by atoms with Crippen molar-refractivity contribution in [3.8, 4) is 5.75 Å². The third-order valence-corrected chi connectivity index (χ3v) is 3.35. The van der Waals surface area contributed by atoms with E-state index in [0.717, 1.165) is 25.9 Å². The van der Waals surface area contributed by atoms with Gasteiger partial charge in [0.2, 0.25) is 0 Å². The number of para-hydroxylation sites is 1. The van der Waals surface area contributed by atoms with E-state index in [1.54, 1.807) is 18.2 Å². The average Bonchev–Trinajstić information content (AvgIpc) is 2.94. The Balaban J connectivity index is 1.92. The highest BCUT2D eigenvalue weighted by atomic mass is 16.5. The first-order chi connectivity index (χ1) is 9.72. The largest absolute Gasteiger partial charge is 0.491 e. The summed E-state index contributed by atoms with van der Waals surface area (Å²) < 4.78 is 11.0. The number of hydrogen-bond donors (Lipinski definition) is 2. The third-order valence-electron chi connectivity index (χ3n) is 3.35. The number of rotatable bonds is 6. The number of nitrogens with two attached hydrogens (primary N) is 1. The van der Waals surface area contributed by atoms with E-state index in [-0.39, 0.29) is 12.0 Å². The van der Waals surface area contributed by atoms with Crippen LogP contribution in [0.3, 0.4) is 0 Å². The van der Waals surface area contributed by atoms with Gasteiger partial charge in [0.1, 0.15) is 0 Å². The molecule has 0 radical (unpaired) electrons. The SMILES string of the molecule is CCOc1c(N)cccc1C(=O)NCCC1CCCO1. The number of nitrogen functional groups attached to an aromatic ring is 1. The van der Waals surface area contributed by atoms with Crippen molar-refractivity contribution in [3.63, 3.8) is 0 Å². The maximum atomic E-state index is 12.2. The van der Waals surface area contributed by atoms with Gasteiger partial charge in [0.05, 0.1) is 24.0 Å². The van der Waals surface area contributed by atoms with Crippen molar-refractivity contribution in [2.75, 3.05) is 25.5 Å². The molecule has 1 heterocycles. The summed E-state index contributed by atoms with van der Waals surface area (Å²) in [5, 5.41) is 2.90. The molecule has 0 saturated carbocycles. The number of hydrogen-bond acceptors (Lipinski definition) is 4. The van der Waals surface area contributed by atoms with Gasteiger partial charge < -0.3 is 20.5 Å². The van der Waals surface area contributed by atoms with Gasteiger partial charge in [-0.2, -0.15) is 0 Å². The first-order valence-electron chi connectivity index (χ1n) is 7.13. The van der Waals surface area contributed by atoms with Crippen molar-refractivity contribution < 1.29 is 14.3 Å². The van der Waals surface area contributed by atoms with Crippen LogP contribution >= 0.6 is 0 Å². The number of ether oxygens (including phenoxy) is 2. The molecule has 1 atom stereocenters. The number of benzene rings is 1. The van der Waals surface area contributed by atoms with Crippen molar-refractivity contribution >= 4 is 11.6 Å². The number of carbonyl (C=O) groups is 1. The van der Waals surface area contributed by atoms with Crippen LogP contribution in [0.25, 0.3) is 0 Å². The Kier molecular flexibility index (Phi) is 5.24. The topological polar surface area (TPSA) is 73.6 Å². The summed E-state index contributed by atoms with van der Waals surface area (Å²) in [7, 11) is 0. The summed E-state index contributed by atoms with van der Waals surface area (Å²) in [4.78, 5) is 12.2. The molecule has 1 aliphatic heterocycles. The number of anilines is 1. The zero-order valence-corrected chi connectivity index (χ0v) is 11.9. The summed E-state index contributed by atoms with van der Waals surface area (Å²) in [6.45, 7) is 3.78. The molecule has 1 aliphatic rings. The monoisotopic (exact) mass is 278 g/mol. The van der Waals surface area contributed by atoms with E-state index >= 15 is 0 Å². The Morgan fingerprint density at radius 3 is 3.10 bits per heavy atom. The molecule has 0 aliphatic carbocycles. The highest BCUT2D eigenvalue weighted by Crippen LogP contribution is 2.26. The Hall–Kier alpha value is -1.75. The minimum atomic E-state index is -0.154. The molecular weight excluding hydrogens is 256 g/mol. The minimum Gasteiger partial charge on any atom is -0.491 e. The highest BCUT2D eigenvalue weighted by molar-refractivity contribution is 5.98. The minimum absolute atomic E-state index is 0.154. The lowest BCUT2D eigenvalue weighted by atomic mass is 10.1. The van der Waals surface area contributed by atoms with Gasteiger partial charge in [0, 0.05) is 13.2 Å². The van der Waals surface area contributed by atoms with E-state index in [1.807, 2.05) is 6.92 Å². The lowest BCUT2D eigenvalue weighted by molar-refractivity contribution is 0.0904. The smallest absolute Gasteiger partial charge is 0.255 e. The summed E-state index contributed by atoms with van der Waals surface area (Å²) in [6, 6.07) is 5.21. The molecule has 1 aromatic rings. The van der Waals surface area contributed by atoms with Crippen LogP contribution in [0, 0.1) is 0 Å². The molecular formula is C15H22N2O3. The first-order valence-corrected chi connectivity index (χ1v) is 7.13. The Bertz CT molecular complexity index is 456. The van der Waals surface area contributed by atoms with E-state index in [1.165, 1.54) is 0 Å². The van der Waals surface area contributed by atoms with E-state index in [4.69, 9.17) is 15.2 Å². The van der Waals surface area contributed by atoms with Crippen LogP contribution in [0.5, 0.6) is 5.75 Å². The fourth-order valence-corrected chi connectivity index (χ4v) is 2.35. The van der Waals surface area contributed by atoms with Gasteiger partial charge in [-0.25, -0.2) is 0 Å². The van der Waals surface area contributed by atoms with Gasteiger partial charge in [-0.1, -0.05) is 6.07 Å². The molecule has 0 bridgehead atoms. The molecule has 1 fully saturated rings. The predicted octanol–water partition coefficient (Wildman–Crippen LogP) is 1.97. The van der Waals surface area contributed by atoms with Crippen LogP contribution in [0.4, 0.5) is 5.69 Å². The van der Waals surface area contributed by atoms with Gasteiger partial charge in [0.15, 0.2) is 5.75 Å². The Morgan fingerprint density at radius 2 is 2.40 bits per heavy atom. The zero-order chi connectivity index (χ0) is 14.4. The van der Waals surface area contributed by atoms with Crippen LogP contribution in [0.1, 0.15) is 36.5 Å². The number of nitrogens with one attached hydrogen (secondary N) is 1. The van der Waals surface area contributed by atoms with Gasteiger partial charge in [-0.05, 0) is 38.3 Å². The fourth-order valence-electron chi connectivity index (χ4n) is 2.35. The van der Waals surface area contributed by atoms with Crippen LogP contribution in [-0.2, 0) is 4.74 Å². The number of amides is 1. The van der Waals surface area contributed by atoms with Gasteiger partial charge in [0.25, 0.3) is 5.91 Å².